The van der Waals surface area contributed by atoms with E-state index in [4.69, 9.17) is 11.3 Å². The van der Waals surface area contributed by atoms with Crippen molar-refractivity contribution in [3.63, 3.8) is 0 Å². The number of nitrogens with zero attached hydrogens (tertiary/aromatic N) is 2. The van der Waals surface area contributed by atoms with Crippen LogP contribution >= 0.6 is 0 Å². The molecule has 0 aromatic carbocycles. The molecule has 0 saturated heterocycles. The van der Waals surface area contributed by atoms with Crippen LogP contribution in [0.1, 0.15) is 19.3 Å². The fourth-order valence-corrected chi connectivity index (χ4v) is 1.15. The highest BCUT2D eigenvalue weighted by Gasteiger charge is 2.21. The van der Waals surface area contributed by atoms with Gasteiger partial charge in [-0.2, -0.15) is 4.79 Å². The Balaban J connectivity index is 4.25. The van der Waals surface area contributed by atoms with Gasteiger partial charge in [-0.1, -0.05) is 0 Å². The average Bonchev–Trinajstić information content (AvgIpc) is 2.27. The molecule has 0 spiro atoms. The maximum Gasteiger partial charge on any atom is 0.344 e. The fraction of sp³-hybridized carbons (Fsp3) is 0.667. The molecule has 0 bridgehead atoms. The minimum atomic E-state index is -0.734. The van der Waals surface area contributed by atoms with E-state index in [-0.39, 0.29) is 0 Å². The second kappa shape index (κ2) is 8.58. The van der Waals surface area contributed by atoms with Crippen LogP contribution in [-0.4, -0.2) is 42.6 Å². The number of amides is 1. The van der Waals surface area contributed by atoms with Crippen molar-refractivity contribution in [3.05, 3.63) is 5.53 Å². The summed E-state index contributed by atoms with van der Waals surface area (Å²) in [4.78, 5) is 24.9. The minimum absolute atomic E-state index is 0.439. The third-order valence-corrected chi connectivity index (χ3v) is 1.92. The number of esters is 1. The molecule has 0 aromatic heterocycles. The van der Waals surface area contributed by atoms with Crippen LogP contribution in [0, 0.1) is 0 Å². The molecule has 7 heteroatoms. The Kier molecular flexibility index (Phi) is 7.66. The molecule has 0 aliphatic heterocycles. The van der Waals surface area contributed by atoms with E-state index in [0.717, 1.165) is 6.42 Å². The normalized spacial score (nSPS) is 11.1. The number of carbonyl (C=O) groups is 2. The summed E-state index contributed by atoms with van der Waals surface area (Å²) in [5.41, 5.74) is 13.4. The minimum Gasteiger partial charge on any atom is -0.467 e. The van der Waals surface area contributed by atoms with Gasteiger partial charge in [-0.3, -0.25) is 4.79 Å². The first-order chi connectivity index (χ1) is 7.65. The van der Waals surface area contributed by atoms with Crippen molar-refractivity contribution in [2.45, 2.75) is 25.3 Å². The number of nitrogens with two attached hydrogens (primary N) is 1. The second-order valence-corrected chi connectivity index (χ2v) is 3.11. The first kappa shape index (κ1) is 14.3. The van der Waals surface area contributed by atoms with Crippen molar-refractivity contribution in [1.29, 1.82) is 0 Å². The lowest BCUT2D eigenvalue weighted by molar-refractivity contribution is -0.144. The van der Waals surface area contributed by atoms with Crippen LogP contribution in [0.4, 0.5) is 0 Å². The van der Waals surface area contributed by atoms with Gasteiger partial charge >= 0.3 is 18.1 Å². The summed E-state index contributed by atoms with van der Waals surface area (Å²) in [5, 5.41) is 2.36. The highest BCUT2D eigenvalue weighted by atomic mass is 16.5. The van der Waals surface area contributed by atoms with E-state index in [1.54, 1.807) is 0 Å². The summed E-state index contributed by atoms with van der Waals surface area (Å²) >= 11 is 0. The van der Waals surface area contributed by atoms with E-state index >= 15 is 0 Å². The van der Waals surface area contributed by atoms with Crippen LogP contribution in [0.2, 0.25) is 0 Å². The largest absolute Gasteiger partial charge is 0.467 e. The quantitative estimate of drug-likeness (QED) is 0.192. The van der Waals surface area contributed by atoms with E-state index in [2.05, 4.69) is 14.8 Å². The predicted octanol–water partition coefficient (Wildman–Crippen LogP) is -0.926. The van der Waals surface area contributed by atoms with E-state index in [1.807, 2.05) is 0 Å². The molecule has 7 nitrogen and oxygen atoms in total. The van der Waals surface area contributed by atoms with Crippen molar-refractivity contribution < 1.29 is 19.1 Å². The van der Waals surface area contributed by atoms with Crippen molar-refractivity contribution in [3.8, 4) is 0 Å². The maximum absolute atomic E-state index is 11.3. The van der Waals surface area contributed by atoms with Gasteiger partial charge in [0.15, 0.2) is 0 Å². The Hall–Kier alpha value is -1.72. The van der Waals surface area contributed by atoms with Crippen molar-refractivity contribution in [1.82, 2.24) is 5.32 Å². The van der Waals surface area contributed by atoms with Gasteiger partial charge in [0.1, 0.15) is 6.04 Å². The smallest absolute Gasteiger partial charge is 0.344 e. The molecule has 0 aliphatic carbocycles. The summed E-state index contributed by atoms with van der Waals surface area (Å²) in [6.07, 6.45) is 2.58. The monoisotopic (exact) mass is 228 g/mol. The van der Waals surface area contributed by atoms with Crippen LogP contribution < -0.4 is 11.1 Å². The topological polar surface area (TPSA) is 118 Å². The molecule has 0 rings (SSSR count). The van der Waals surface area contributed by atoms with Gasteiger partial charge in [0.25, 0.3) is 0 Å². The van der Waals surface area contributed by atoms with Gasteiger partial charge in [0.2, 0.25) is 0 Å². The van der Waals surface area contributed by atoms with E-state index in [0.29, 0.717) is 25.6 Å². The number of hydrogen-bond donors (Lipinski definition) is 2. The summed E-state index contributed by atoms with van der Waals surface area (Å²) < 4.78 is 4.53. The maximum atomic E-state index is 11.3. The molecular formula is C9H16N4O3. The highest BCUT2D eigenvalue weighted by molar-refractivity contribution is 6.24. The molecule has 0 saturated carbocycles. The Bertz CT molecular complexity index is 286. The van der Waals surface area contributed by atoms with Gasteiger partial charge in [-0.15, -0.1) is 0 Å². The summed E-state index contributed by atoms with van der Waals surface area (Å²) in [5.74, 6) is -1.18. The third-order valence-electron chi connectivity index (χ3n) is 1.92. The molecule has 0 aromatic rings. The number of unbranched alkanes of at least 4 members (excludes halogenated alkanes) is 1. The summed E-state index contributed by atoms with van der Waals surface area (Å²) in [6, 6.07) is -0.734. The Morgan fingerprint density at radius 3 is 2.75 bits per heavy atom. The second-order valence-electron chi connectivity index (χ2n) is 3.11. The number of hydrogen-bond acceptors (Lipinski definition) is 4. The molecule has 0 radical (unpaired) electrons. The molecule has 1 atom stereocenters. The van der Waals surface area contributed by atoms with E-state index in [1.165, 1.54) is 7.11 Å². The van der Waals surface area contributed by atoms with Gasteiger partial charge in [0.05, 0.1) is 7.11 Å². The zero-order valence-corrected chi connectivity index (χ0v) is 9.18. The Labute approximate surface area is 93.6 Å². The first-order valence-electron chi connectivity index (χ1n) is 4.91. The summed E-state index contributed by atoms with van der Waals surface area (Å²) in [7, 11) is 1.24. The molecule has 0 heterocycles. The Morgan fingerprint density at radius 1 is 1.56 bits per heavy atom. The molecule has 16 heavy (non-hydrogen) atoms. The molecule has 0 unspecified atom stereocenters. The molecule has 1 amide bonds. The van der Waals surface area contributed by atoms with Crippen LogP contribution in [0.15, 0.2) is 0 Å². The van der Waals surface area contributed by atoms with E-state index in [9.17, 15) is 9.59 Å². The van der Waals surface area contributed by atoms with Crippen molar-refractivity contribution >= 4 is 18.1 Å². The Morgan fingerprint density at radius 2 is 2.25 bits per heavy atom. The van der Waals surface area contributed by atoms with Gasteiger partial charge in [-0.25, -0.2) is 4.79 Å². The fourth-order valence-electron chi connectivity index (χ4n) is 1.15. The van der Waals surface area contributed by atoms with Crippen LogP contribution in [-0.2, 0) is 14.3 Å². The number of rotatable bonds is 7. The van der Waals surface area contributed by atoms with E-state index < -0.39 is 17.9 Å². The lowest BCUT2D eigenvalue weighted by Crippen LogP contribution is -2.42. The molecule has 0 fully saturated rings. The molecule has 3 N–H and O–H groups in total. The standard InChI is InChI=1S/C9H16N4O3/c1-16-9(15)7(4-2-3-5-10)13-8(14)6-12-11/h6-7H,2-5,10H2,1H3,(H,13,14)/t7-/m0/s1. The number of methoxy groups -OCH3 is 1. The van der Waals surface area contributed by atoms with Crippen LogP contribution in [0.25, 0.3) is 5.53 Å². The first-order valence-corrected chi connectivity index (χ1v) is 4.91. The number of carbonyl (C=O) groups excluding carboxylic acids is 2. The highest BCUT2D eigenvalue weighted by Crippen LogP contribution is 2.01. The zero-order chi connectivity index (χ0) is 12.4. The molecular weight excluding hydrogens is 212 g/mol. The van der Waals surface area contributed by atoms with Gasteiger partial charge in [0, 0.05) is 0 Å². The van der Waals surface area contributed by atoms with Crippen LogP contribution in [0.5, 0.6) is 0 Å². The van der Waals surface area contributed by atoms with Crippen LogP contribution in [0.3, 0.4) is 0 Å². The van der Waals surface area contributed by atoms with Gasteiger partial charge in [-0.05, 0) is 25.8 Å². The zero-order valence-electron chi connectivity index (χ0n) is 9.18. The SMILES string of the molecule is COC(=O)[C@H](CCCCN)NC(=O)C=[N+]=[N-]. The summed E-state index contributed by atoms with van der Waals surface area (Å²) in [6.45, 7) is 0.528. The van der Waals surface area contributed by atoms with Crippen molar-refractivity contribution in [2.24, 2.45) is 5.73 Å². The lowest BCUT2D eigenvalue weighted by atomic mass is 10.1. The molecule has 0 aliphatic rings. The number of ether oxygens (including phenoxy) is 1. The lowest BCUT2D eigenvalue weighted by Gasteiger charge is -2.13. The van der Waals surface area contributed by atoms with Gasteiger partial charge < -0.3 is 21.3 Å². The van der Waals surface area contributed by atoms with Crippen molar-refractivity contribution in [2.75, 3.05) is 13.7 Å². The number of nitrogens with one attached hydrogen (secondary N) is 1. The predicted molar refractivity (Wildman–Crippen MR) is 56.5 cm³/mol. The third kappa shape index (κ3) is 5.90. The average molecular weight is 228 g/mol. The molecule has 90 valence electrons.